The standard InChI is InChI=1S/C12H22N2O/c1-15-11-5-4-9-14(10-8-13)12-6-2-3-7-12/h12H,2-7,9-11H2,1H3. The highest BCUT2D eigenvalue weighted by Gasteiger charge is 2.21. The van der Waals surface area contributed by atoms with Gasteiger partial charge in [-0.05, 0) is 32.2 Å². The number of hydrogen-bond acceptors (Lipinski definition) is 3. The Morgan fingerprint density at radius 2 is 2.07 bits per heavy atom. The van der Waals surface area contributed by atoms with Crippen LogP contribution in [0.15, 0.2) is 0 Å². The summed E-state index contributed by atoms with van der Waals surface area (Å²) in [5.74, 6) is 0. The largest absolute Gasteiger partial charge is 0.385 e. The summed E-state index contributed by atoms with van der Waals surface area (Å²) in [7, 11) is 1.74. The molecule has 1 aliphatic carbocycles. The molecule has 1 rings (SSSR count). The average molecular weight is 210 g/mol. The molecule has 3 heteroatoms. The number of nitrogens with zero attached hydrogens (tertiary/aromatic N) is 2. The van der Waals surface area contributed by atoms with E-state index in [9.17, 15) is 0 Å². The minimum atomic E-state index is 0.595. The summed E-state index contributed by atoms with van der Waals surface area (Å²) in [6.45, 7) is 2.49. The third kappa shape index (κ3) is 4.63. The first-order valence-electron chi connectivity index (χ1n) is 5.98. The van der Waals surface area contributed by atoms with Gasteiger partial charge in [0.05, 0.1) is 12.6 Å². The van der Waals surface area contributed by atoms with Crippen LogP contribution in [-0.4, -0.2) is 37.7 Å². The smallest absolute Gasteiger partial charge is 0.0868 e. The molecule has 1 fully saturated rings. The SMILES string of the molecule is COCCCCN(CC#N)C1CCCC1. The molecule has 0 N–H and O–H groups in total. The van der Waals surface area contributed by atoms with Crippen molar-refractivity contribution in [2.45, 2.75) is 44.6 Å². The van der Waals surface area contributed by atoms with Gasteiger partial charge in [0.1, 0.15) is 0 Å². The summed E-state index contributed by atoms with van der Waals surface area (Å²) in [6, 6.07) is 2.95. The van der Waals surface area contributed by atoms with Crippen LogP contribution in [0.3, 0.4) is 0 Å². The first-order chi connectivity index (χ1) is 7.38. The summed E-state index contributed by atoms with van der Waals surface area (Å²) >= 11 is 0. The van der Waals surface area contributed by atoms with Gasteiger partial charge >= 0.3 is 0 Å². The van der Waals surface area contributed by atoms with Gasteiger partial charge in [0.15, 0.2) is 0 Å². The molecular weight excluding hydrogens is 188 g/mol. The van der Waals surface area contributed by atoms with Crippen LogP contribution in [0.1, 0.15) is 38.5 Å². The lowest BCUT2D eigenvalue weighted by Gasteiger charge is -2.25. The molecule has 1 aliphatic rings. The molecule has 0 aromatic rings. The molecule has 0 aliphatic heterocycles. The first-order valence-corrected chi connectivity index (χ1v) is 5.98. The van der Waals surface area contributed by atoms with E-state index in [1.807, 2.05) is 0 Å². The zero-order valence-corrected chi connectivity index (χ0v) is 9.74. The highest BCUT2D eigenvalue weighted by molar-refractivity contribution is 4.84. The molecule has 0 bridgehead atoms. The Bertz CT molecular complexity index is 194. The van der Waals surface area contributed by atoms with Gasteiger partial charge in [0, 0.05) is 19.8 Å². The van der Waals surface area contributed by atoms with Crippen LogP contribution < -0.4 is 0 Å². The van der Waals surface area contributed by atoms with Gasteiger partial charge in [-0.15, -0.1) is 0 Å². The van der Waals surface area contributed by atoms with Gasteiger partial charge in [-0.1, -0.05) is 12.8 Å². The second-order valence-electron chi connectivity index (χ2n) is 4.27. The van der Waals surface area contributed by atoms with Crippen molar-refractivity contribution in [1.82, 2.24) is 4.90 Å². The minimum Gasteiger partial charge on any atom is -0.385 e. The highest BCUT2D eigenvalue weighted by atomic mass is 16.5. The van der Waals surface area contributed by atoms with Crippen molar-refractivity contribution in [3.63, 3.8) is 0 Å². The third-order valence-corrected chi connectivity index (χ3v) is 3.16. The van der Waals surface area contributed by atoms with Crippen LogP contribution in [0, 0.1) is 11.3 Å². The quantitative estimate of drug-likeness (QED) is 0.477. The maximum atomic E-state index is 8.78. The molecule has 0 aromatic heterocycles. The minimum absolute atomic E-state index is 0.595. The number of hydrogen-bond donors (Lipinski definition) is 0. The number of nitriles is 1. The van der Waals surface area contributed by atoms with Gasteiger partial charge in [0.25, 0.3) is 0 Å². The lowest BCUT2D eigenvalue weighted by atomic mass is 10.2. The van der Waals surface area contributed by atoms with E-state index < -0.39 is 0 Å². The van der Waals surface area contributed by atoms with Crippen molar-refractivity contribution in [2.75, 3.05) is 26.8 Å². The predicted molar refractivity (Wildman–Crippen MR) is 60.6 cm³/mol. The van der Waals surface area contributed by atoms with E-state index in [-0.39, 0.29) is 0 Å². The zero-order valence-electron chi connectivity index (χ0n) is 9.74. The van der Waals surface area contributed by atoms with Crippen LogP contribution in [0.2, 0.25) is 0 Å². The van der Waals surface area contributed by atoms with E-state index in [0.29, 0.717) is 12.6 Å². The van der Waals surface area contributed by atoms with E-state index in [0.717, 1.165) is 26.0 Å². The summed E-state index contributed by atoms with van der Waals surface area (Å²) in [5.41, 5.74) is 0. The lowest BCUT2D eigenvalue weighted by Crippen LogP contribution is -2.34. The molecule has 0 amide bonds. The molecule has 0 unspecified atom stereocenters. The fraction of sp³-hybridized carbons (Fsp3) is 0.917. The van der Waals surface area contributed by atoms with Gasteiger partial charge in [-0.3, -0.25) is 4.90 Å². The van der Waals surface area contributed by atoms with Crippen LogP contribution in [0.4, 0.5) is 0 Å². The molecule has 0 spiro atoms. The summed E-state index contributed by atoms with van der Waals surface area (Å²) in [4.78, 5) is 2.35. The van der Waals surface area contributed by atoms with Crippen LogP contribution in [-0.2, 0) is 4.74 Å². The van der Waals surface area contributed by atoms with Gasteiger partial charge < -0.3 is 4.74 Å². The van der Waals surface area contributed by atoms with Crippen molar-refractivity contribution in [1.29, 1.82) is 5.26 Å². The summed E-state index contributed by atoms with van der Waals surface area (Å²) < 4.78 is 5.03. The van der Waals surface area contributed by atoms with Crippen molar-refractivity contribution < 1.29 is 4.74 Å². The monoisotopic (exact) mass is 210 g/mol. The number of methoxy groups -OCH3 is 1. The van der Waals surface area contributed by atoms with E-state index in [1.54, 1.807) is 7.11 Å². The Labute approximate surface area is 93.0 Å². The second-order valence-corrected chi connectivity index (χ2v) is 4.27. The van der Waals surface area contributed by atoms with E-state index in [4.69, 9.17) is 10.00 Å². The Balaban J connectivity index is 2.21. The molecule has 1 saturated carbocycles. The first kappa shape index (κ1) is 12.5. The molecular formula is C12H22N2O. The van der Waals surface area contributed by atoms with Gasteiger partial charge in [-0.25, -0.2) is 0 Å². The summed E-state index contributed by atoms with van der Waals surface area (Å²) in [6.07, 6.45) is 7.49. The average Bonchev–Trinajstić information content (AvgIpc) is 2.76. The molecule has 0 aromatic carbocycles. The van der Waals surface area contributed by atoms with Crippen LogP contribution >= 0.6 is 0 Å². The van der Waals surface area contributed by atoms with E-state index >= 15 is 0 Å². The van der Waals surface area contributed by atoms with Gasteiger partial charge in [-0.2, -0.15) is 5.26 Å². The van der Waals surface area contributed by atoms with Gasteiger partial charge in [0.2, 0.25) is 0 Å². The maximum absolute atomic E-state index is 8.78. The van der Waals surface area contributed by atoms with Crippen molar-refractivity contribution in [3.8, 4) is 6.07 Å². The fourth-order valence-corrected chi connectivity index (χ4v) is 2.31. The molecule has 3 nitrogen and oxygen atoms in total. The zero-order chi connectivity index (χ0) is 10.9. The van der Waals surface area contributed by atoms with E-state index in [2.05, 4.69) is 11.0 Å². The number of rotatable bonds is 7. The maximum Gasteiger partial charge on any atom is 0.0868 e. The fourth-order valence-electron chi connectivity index (χ4n) is 2.31. The topological polar surface area (TPSA) is 36.3 Å². The van der Waals surface area contributed by atoms with Crippen LogP contribution in [0.5, 0.6) is 0 Å². The molecule has 15 heavy (non-hydrogen) atoms. The molecule has 86 valence electrons. The Kier molecular flexibility index (Phi) is 6.38. The highest BCUT2D eigenvalue weighted by Crippen LogP contribution is 2.23. The Morgan fingerprint density at radius 1 is 1.33 bits per heavy atom. The Morgan fingerprint density at radius 3 is 2.67 bits per heavy atom. The lowest BCUT2D eigenvalue weighted by molar-refractivity contribution is 0.175. The molecule has 0 heterocycles. The van der Waals surface area contributed by atoms with Crippen molar-refractivity contribution in [2.24, 2.45) is 0 Å². The normalized spacial score (nSPS) is 17.1. The van der Waals surface area contributed by atoms with Crippen molar-refractivity contribution in [3.05, 3.63) is 0 Å². The van der Waals surface area contributed by atoms with Crippen LogP contribution in [0.25, 0.3) is 0 Å². The predicted octanol–water partition coefficient (Wildman–Crippen LogP) is 2.18. The molecule has 0 saturated heterocycles. The number of unbranched alkanes of at least 4 members (excludes halogenated alkanes) is 1. The van der Waals surface area contributed by atoms with Crippen molar-refractivity contribution >= 4 is 0 Å². The second kappa shape index (κ2) is 7.67. The molecule has 0 atom stereocenters. The number of ether oxygens (including phenoxy) is 1. The third-order valence-electron chi connectivity index (χ3n) is 3.16. The Hall–Kier alpha value is -0.590. The van der Waals surface area contributed by atoms with E-state index in [1.165, 1.54) is 25.7 Å². The summed E-state index contributed by atoms with van der Waals surface area (Å²) in [5, 5.41) is 8.78. The molecule has 0 radical (unpaired) electrons.